The van der Waals surface area contributed by atoms with Crippen LogP contribution in [0.2, 0.25) is 0 Å². The lowest BCUT2D eigenvalue weighted by Crippen LogP contribution is -2.34. The number of aryl methyl sites for hydroxylation is 1. The maximum atomic E-state index is 10.1. The standard InChI is InChI=1S/C18H25NO/c1-10-6-7-16(11(2)18(10)20)19-17-9-12-8-15(17)14-5-3-4-13(12)14/h6-7,12-15,17,19-20H,3-5,8-9H2,1-2H3. The van der Waals surface area contributed by atoms with E-state index in [1.807, 2.05) is 19.9 Å². The molecule has 0 spiro atoms. The fourth-order valence-electron chi connectivity index (χ4n) is 5.43. The van der Waals surface area contributed by atoms with E-state index in [1.165, 1.54) is 32.1 Å². The third kappa shape index (κ3) is 1.70. The highest BCUT2D eigenvalue weighted by Gasteiger charge is 2.53. The van der Waals surface area contributed by atoms with Gasteiger partial charge in [-0.05, 0) is 74.8 Å². The van der Waals surface area contributed by atoms with Crippen molar-refractivity contribution < 1.29 is 5.11 Å². The van der Waals surface area contributed by atoms with Gasteiger partial charge in [0.1, 0.15) is 5.75 Å². The van der Waals surface area contributed by atoms with Crippen molar-refractivity contribution >= 4 is 5.69 Å². The highest BCUT2D eigenvalue weighted by atomic mass is 16.3. The molecule has 0 heterocycles. The molecule has 5 atom stereocenters. The van der Waals surface area contributed by atoms with Crippen molar-refractivity contribution in [2.45, 2.75) is 52.0 Å². The molecule has 3 saturated carbocycles. The van der Waals surface area contributed by atoms with Crippen LogP contribution in [0.4, 0.5) is 5.69 Å². The van der Waals surface area contributed by atoms with Crippen molar-refractivity contribution in [3.8, 4) is 5.75 Å². The lowest BCUT2D eigenvalue weighted by Gasteiger charge is -2.33. The van der Waals surface area contributed by atoms with Gasteiger partial charge in [-0.15, -0.1) is 0 Å². The molecule has 0 aromatic heterocycles. The number of fused-ring (bicyclic) bond motifs is 5. The lowest BCUT2D eigenvalue weighted by molar-refractivity contribution is 0.243. The zero-order valence-electron chi connectivity index (χ0n) is 12.5. The van der Waals surface area contributed by atoms with E-state index >= 15 is 0 Å². The SMILES string of the molecule is Cc1ccc(NC2CC3CC2C2CCCC32)c(C)c1O. The fraction of sp³-hybridized carbons (Fsp3) is 0.667. The molecule has 108 valence electrons. The third-order valence-electron chi connectivity index (χ3n) is 6.40. The Morgan fingerprint density at radius 3 is 2.70 bits per heavy atom. The van der Waals surface area contributed by atoms with Gasteiger partial charge in [0.25, 0.3) is 0 Å². The second-order valence-corrected chi connectivity index (χ2v) is 7.31. The van der Waals surface area contributed by atoms with Crippen molar-refractivity contribution in [2.24, 2.45) is 23.7 Å². The van der Waals surface area contributed by atoms with Gasteiger partial charge in [-0.1, -0.05) is 12.5 Å². The van der Waals surface area contributed by atoms with E-state index in [9.17, 15) is 5.11 Å². The van der Waals surface area contributed by atoms with Crippen molar-refractivity contribution in [1.82, 2.24) is 0 Å². The molecule has 0 radical (unpaired) electrons. The number of phenolic OH excluding ortho intramolecular Hbond substituents is 1. The summed E-state index contributed by atoms with van der Waals surface area (Å²) in [5.74, 6) is 4.35. The van der Waals surface area contributed by atoms with Gasteiger partial charge in [0.15, 0.2) is 0 Å². The van der Waals surface area contributed by atoms with E-state index in [0.29, 0.717) is 11.8 Å². The molecule has 3 aliphatic carbocycles. The summed E-state index contributed by atoms with van der Waals surface area (Å²) in [7, 11) is 0. The normalized spacial score (nSPS) is 38.2. The molecular weight excluding hydrogens is 246 g/mol. The first-order valence-electron chi connectivity index (χ1n) is 8.21. The number of rotatable bonds is 2. The zero-order valence-corrected chi connectivity index (χ0v) is 12.5. The number of benzene rings is 1. The monoisotopic (exact) mass is 271 g/mol. The minimum atomic E-state index is 0.455. The fourth-order valence-corrected chi connectivity index (χ4v) is 5.43. The van der Waals surface area contributed by atoms with Crippen LogP contribution in [0.1, 0.15) is 43.2 Å². The molecule has 20 heavy (non-hydrogen) atoms. The first-order chi connectivity index (χ1) is 9.65. The molecule has 1 aromatic rings. The quantitative estimate of drug-likeness (QED) is 0.843. The summed E-state index contributed by atoms with van der Waals surface area (Å²) < 4.78 is 0. The Hall–Kier alpha value is -1.18. The number of nitrogens with one attached hydrogen (secondary N) is 1. The summed E-state index contributed by atoms with van der Waals surface area (Å²) in [6, 6.07) is 4.80. The first-order valence-corrected chi connectivity index (χ1v) is 8.21. The van der Waals surface area contributed by atoms with Crippen molar-refractivity contribution in [1.29, 1.82) is 0 Å². The van der Waals surface area contributed by atoms with Gasteiger partial charge >= 0.3 is 0 Å². The largest absolute Gasteiger partial charge is 0.507 e. The van der Waals surface area contributed by atoms with Gasteiger partial charge < -0.3 is 10.4 Å². The first kappa shape index (κ1) is 12.6. The van der Waals surface area contributed by atoms with Crippen LogP contribution in [0.5, 0.6) is 5.75 Å². The van der Waals surface area contributed by atoms with Gasteiger partial charge in [-0.25, -0.2) is 0 Å². The summed E-state index contributed by atoms with van der Waals surface area (Å²) >= 11 is 0. The maximum Gasteiger partial charge on any atom is 0.123 e. The van der Waals surface area contributed by atoms with Crippen LogP contribution in [-0.2, 0) is 0 Å². The van der Waals surface area contributed by atoms with Crippen LogP contribution in [0, 0.1) is 37.5 Å². The second-order valence-electron chi connectivity index (χ2n) is 7.31. The molecule has 0 saturated heterocycles. The zero-order chi connectivity index (χ0) is 13.9. The van der Waals surface area contributed by atoms with E-state index in [4.69, 9.17) is 0 Å². The van der Waals surface area contributed by atoms with Crippen LogP contribution >= 0.6 is 0 Å². The highest BCUT2D eigenvalue weighted by Crippen LogP contribution is 2.59. The maximum absolute atomic E-state index is 10.1. The van der Waals surface area contributed by atoms with Gasteiger partial charge in [0.2, 0.25) is 0 Å². The predicted molar refractivity (Wildman–Crippen MR) is 82.0 cm³/mol. The van der Waals surface area contributed by atoms with Crippen LogP contribution in [0.15, 0.2) is 12.1 Å². The minimum Gasteiger partial charge on any atom is -0.507 e. The lowest BCUT2D eigenvalue weighted by atomic mass is 9.79. The topological polar surface area (TPSA) is 32.3 Å². The molecule has 3 fully saturated rings. The Bertz CT molecular complexity index is 538. The number of hydrogen-bond acceptors (Lipinski definition) is 2. The van der Waals surface area contributed by atoms with E-state index in [2.05, 4.69) is 11.4 Å². The number of anilines is 1. The molecule has 2 heteroatoms. The molecule has 3 aliphatic rings. The molecule has 2 nitrogen and oxygen atoms in total. The Morgan fingerprint density at radius 1 is 1.05 bits per heavy atom. The number of hydrogen-bond donors (Lipinski definition) is 2. The van der Waals surface area contributed by atoms with Gasteiger partial charge in [-0.3, -0.25) is 0 Å². The molecule has 0 aliphatic heterocycles. The Labute approximate surface area is 121 Å². The van der Waals surface area contributed by atoms with Gasteiger partial charge in [0.05, 0.1) is 0 Å². The van der Waals surface area contributed by atoms with Crippen LogP contribution in [0.3, 0.4) is 0 Å². The summed E-state index contributed by atoms with van der Waals surface area (Å²) in [4.78, 5) is 0. The van der Waals surface area contributed by atoms with Crippen molar-refractivity contribution in [3.05, 3.63) is 23.3 Å². The molecule has 0 amide bonds. The molecule has 1 aromatic carbocycles. The second kappa shape index (κ2) is 4.41. The Morgan fingerprint density at radius 2 is 1.85 bits per heavy atom. The number of aromatic hydroxyl groups is 1. The van der Waals surface area contributed by atoms with Crippen molar-refractivity contribution in [3.63, 3.8) is 0 Å². The Balaban J connectivity index is 1.55. The molecule has 2 N–H and O–H groups in total. The number of phenols is 1. The summed E-state index contributed by atoms with van der Waals surface area (Å²) in [5.41, 5.74) is 3.12. The predicted octanol–water partition coefficient (Wildman–Crippen LogP) is 4.25. The van der Waals surface area contributed by atoms with E-state index in [-0.39, 0.29) is 0 Å². The summed E-state index contributed by atoms with van der Waals surface area (Å²) in [6.07, 6.45) is 7.20. The average molecular weight is 271 g/mol. The molecule has 4 rings (SSSR count). The van der Waals surface area contributed by atoms with E-state index in [0.717, 1.165) is 40.5 Å². The van der Waals surface area contributed by atoms with Crippen molar-refractivity contribution in [2.75, 3.05) is 5.32 Å². The van der Waals surface area contributed by atoms with E-state index in [1.54, 1.807) is 0 Å². The average Bonchev–Trinajstić information content (AvgIpc) is 3.11. The third-order valence-corrected chi connectivity index (χ3v) is 6.40. The molecule has 5 unspecified atom stereocenters. The van der Waals surface area contributed by atoms with Crippen LogP contribution in [-0.4, -0.2) is 11.1 Å². The van der Waals surface area contributed by atoms with E-state index < -0.39 is 0 Å². The molecular formula is C18H25NO. The molecule has 2 bridgehead atoms. The van der Waals surface area contributed by atoms with Gasteiger partial charge in [-0.2, -0.15) is 0 Å². The minimum absolute atomic E-state index is 0.455. The highest BCUT2D eigenvalue weighted by molar-refractivity contribution is 5.59. The van der Waals surface area contributed by atoms with Crippen LogP contribution in [0.25, 0.3) is 0 Å². The smallest absolute Gasteiger partial charge is 0.123 e. The Kier molecular flexibility index (Phi) is 2.77. The van der Waals surface area contributed by atoms with Crippen LogP contribution < -0.4 is 5.32 Å². The summed E-state index contributed by atoms with van der Waals surface area (Å²) in [5, 5.41) is 13.9. The summed E-state index contributed by atoms with van der Waals surface area (Å²) in [6.45, 7) is 3.99. The van der Waals surface area contributed by atoms with Gasteiger partial charge in [0, 0.05) is 17.3 Å².